The van der Waals surface area contributed by atoms with Gasteiger partial charge in [-0.2, -0.15) is 0 Å². The molecule has 0 fully saturated rings. The first-order valence-corrected chi connectivity index (χ1v) is 8.76. The zero-order valence-corrected chi connectivity index (χ0v) is 16.4. The highest BCUT2D eigenvalue weighted by Gasteiger charge is 2.13. The number of aryl methyl sites for hydroxylation is 1. The van der Waals surface area contributed by atoms with Gasteiger partial charge in [-0.05, 0) is 42.8 Å². The minimum atomic E-state index is -0.387. The third-order valence-electron chi connectivity index (χ3n) is 4.01. The molecule has 0 spiro atoms. The number of carbonyl (C=O) groups excluding carboxylic acids is 1. The number of hydrogen-bond acceptors (Lipinski definition) is 6. The summed E-state index contributed by atoms with van der Waals surface area (Å²) in [7, 11) is 3.08. The summed E-state index contributed by atoms with van der Waals surface area (Å²) in [6.07, 6.45) is 1.33. The topological polar surface area (TPSA) is 85.4 Å². The first-order chi connectivity index (χ1) is 13.5. The number of anilines is 3. The average molecular weight is 399 g/mol. The van der Waals surface area contributed by atoms with Crippen LogP contribution in [0.15, 0.2) is 48.8 Å². The molecule has 0 aliphatic rings. The molecule has 8 heteroatoms. The Morgan fingerprint density at radius 3 is 2.50 bits per heavy atom. The lowest BCUT2D eigenvalue weighted by atomic mass is 10.2. The summed E-state index contributed by atoms with van der Waals surface area (Å²) in [5.41, 5.74) is 2.52. The molecule has 3 rings (SSSR count). The molecule has 7 nitrogen and oxygen atoms in total. The van der Waals surface area contributed by atoms with Crippen molar-refractivity contribution in [2.75, 3.05) is 24.9 Å². The van der Waals surface area contributed by atoms with Crippen molar-refractivity contribution in [1.82, 2.24) is 9.97 Å². The fraction of sp³-hybridized carbons (Fsp3) is 0.150. The van der Waals surface area contributed by atoms with Crippen LogP contribution in [0, 0.1) is 6.92 Å². The molecule has 3 aromatic rings. The van der Waals surface area contributed by atoms with Gasteiger partial charge in [0.05, 0.1) is 19.9 Å². The lowest BCUT2D eigenvalue weighted by Gasteiger charge is -2.12. The summed E-state index contributed by atoms with van der Waals surface area (Å²) in [6, 6.07) is 12.2. The molecule has 0 saturated carbocycles. The molecule has 0 radical (unpaired) electrons. The van der Waals surface area contributed by atoms with Crippen molar-refractivity contribution in [2.45, 2.75) is 6.92 Å². The summed E-state index contributed by atoms with van der Waals surface area (Å²) >= 11 is 5.98. The fourth-order valence-electron chi connectivity index (χ4n) is 2.54. The smallest absolute Gasteiger partial charge is 0.274 e. The first kappa shape index (κ1) is 19.4. The Balaban J connectivity index is 1.79. The molecule has 28 heavy (non-hydrogen) atoms. The van der Waals surface area contributed by atoms with Gasteiger partial charge in [0.1, 0.15) is 29.3 Å². The van der Waals surface area contributed by atoms with Crippen molar-refractivity contribution < 1.29 is 14.3 Å². The number of rotatable bonds is 6. The van der Waals surface area contributed by atoms with Crippen LogP contribution >= 0.6 is 11.6 Å². The standard InChI is InChI=1S/C20H19ClN4O3/c1-12-8-13(21)4-6-15(12)24-19-10-17(22-11-23-19)20(26)25-16-7-5-14(27-2)9-18(16)28-3/h4-11H,1-3H3,(H,25,26)(H,22,23,24). The molecule has 2 N–H and O–H groups in total. The molecule has 0 saturated heterocycles. The lowest BCUT2D eigenvalue weighted by molar-refractivity contribution is 0.102. The largest absolute Gasteiger partial charge is 0.497 e. The quantitative estimate of drug-likeness (QED) is 0.638. The Morgan fingerprint density at radius 1 is 1.00 bits per heavy atom. The first-order valence-electron chi connectivity index (χ1n) is 8.38. The molecule has 2 aromatic carbocycles. The molecule has 1 heterocycles. The zero-order chi connectivity index (χ0) is 20.1. The van der Waals surface area contributed by atoms with E-state index in [0.717, 1.165) is 11.3 Å². The Labute approximate surface area is 167 Å². The maximum absolute atomic E-state index is 12.6. The normalized spacial score (nSPS) is 10.3. The van der Waals surface area contributed by atoms with Gasteiger partial charge in [0.25, 0.3) is 5.91 Å². The predicted octanol–water partition coefficient (Wildman–Crippen LogP) is 4.45. The van der Waals surface area contributed by atoms with E-state index in [9.17, 15) is 4.79 Å². The van der Waals surface area contributed by atoms with Crippen LogP contribution in [-0.4, -0.2) is 30.1 Å². The third kappa shape index (κ3) is 4.50. The van der Waals surface area contributed by atoms with E-state index in [2.05, 4.69) is 20.6 Å². The summed E-state index contributed by atoms with van der Waals surface area (Å²) in [4.78, 5) is 20.8. The van der Waals surface area contributed by atoms with Crippen LogP contribution in [0.2, 0.25) is 5.02 Å². The number of amides is 1. The van der Waals surface area contributed by atoms with Gasteiger partial charge in [0.2, 0.25) is 0 Å². The van der Waals surface area contributed by atoms with Gasteiger partial charge in [0, 0.05) is 22.8 Å². The van der Waals surface area contributed by atoms with Crippen molar-refractivity contribution in [2.24, 2.45) is 0 Å². The number of hydrogen-bond donors (Lipinski definition) is 2. The predicted molar refractivity (Wildman–Crippen MR) is 109 cm³/mol. The van der Waals surface area contributed by atoms with Crippen LogP contribution in [0.25, 0.3) is 0 Å². The van der Waals surface area contributed by atoms with Gasteiger partial charge in [-0.1, -0.05) is 11.6 Å². The highest BCUT2D eigenvalue weighted by molar-refractivity contribution is 6.30. The highest BCUT2D eigenvalue weighted by atomic mass is 35.5. The molecule has 144 valence electrons. The maximum Gasteiger partial charge on any atom is 0.274 e. The van der Waals surface area contributed by atoms with E-state index in [-0.39, 0.29) is 11.6 Å². The molecule has 0 bridgehead atoms. The minimum Gasteiger partial charge on any atom is -0.497 e. The molecule has 0 atom stereocenters. The molecule has 0 aliphatic heterocycles. The third-order valence-corrected chi connectivity index (χ3v) is 4.24. The van der Waals surface area contributed by atoms with E-state index < -0.39 is 0 Å². The number of halogens is 1. The van der Waals surface area contributed by atoms with Crippen molar-refractivity contribution in [3.63, 3.8) is 0 Å². The Bertz CT molecular complexity index is 1010. The van der Waals surface area contributed by atoms with Gasteiger partial charge >= 0.3 is 0 Å². The van der Waals surface area contributed by atoms with E-state index in [0.29, 0.717) is 28.0 Å². The van der Waals surface area contributed by atoms with Crippen LogP contribution in [0.5, 0.6) is 11.5 Å². The summed E-state index contributed by atoms with van der Waals surface area (Å²) in [5, 5.41) is 6.60. The van der Waals surface area contributed by atoms with Crippen LogP contribution in [-0.2, 0) is 0 Å². The zero-order valence-electron chi connectivity index (χ0n) is 15.6. The van der Waals surface area contributed by atoms with Gasteiger partial charge in [-0.25, -0.2) is 9.97 Å². The lowest BCUT2D eigenvalue weighted by Crippen LogP contribution is -2.15. The number of nitrogens with one attached hydrogen (secondary N) is 2. The average Bonchev–Trinajstić information content (AvgIpc) is 2.70. The van der Waals surface area contributed by atoms with Gasteiger partial charge in [0.15, 0.2) is 0 Å². The Hall–Kier alpha value is -3.32. The van der Waals surface area contributed by atoms with Gasteiger partial charge in [-0.15, -0.1) is 0 Å². The van der Waals surface area contributed by atoms with E-state index in [1.54, 1.807) is 37.4 Å². The number of ether oxygens (including phenoxy) is 2. The van der Waals surface area contributed by atoms with Gasteiger partial charge < -0.3 is 20.1 Å². The number of nitrogens with zero attached hydrogens (tertiary/aromatic N) is 2. The number of carbonyl (C=O) groups is 1. The van der Waals surface area contributed by atoms with E-state index >= 15 is 0 Å². The van der Waals surface area contributed by atoms with Crippen LogP contribution < -0.4 is 20.1 Å². The van der Waals surface area contributed by atoms with Crippen molar-refractivity contribution >= 4 is 34.7 Å². The summed E-state index contributed by atoms with van der Waals surface area (Å²) < 4.78 is 10.5. The Kier molecular flexibility index (Phi) is 5.96. The maximum atomic E-state index is 12.6. The molecule has 1 amide bonds. The van der Waals surface area contributed by atoms with Crippen molar-refractivity contribution in [3.05, 3.63) is 65.1 Å². The van der Waals surface area contributed by atoms with E-state index in [4.69, 9.17) is 21.1 Å². The molecule has 0 unspecified atom stereocenters. The minimum absolute atomic E-state index is 0.210. The highest BCUT2D eigenvalue weighted by Crippen LogP contribution is 2.29. The van der Waals surface area contributed by atoms with Crippen LogP contribution in [0.1, 0.15) is 16.1 Å². The second-order valence-corrected chi connectivity index (χ2v) is 6.33. The number of methoxy groups -OCH3 is 2. The second-order valence-electron chi connectivity index (χ2n) is 5.89. The van der Waals surface area contributed by atoms with E-state index in [1.165, 1.54) is 13.4 Å². The Morgan fingerprint density at radius 2 is 1.79 bits per heavy atom. The van der Waals surface area contributed by atoms with Crippen LogP contribution in [0.3, 0.4) is 0 Å². The molecular formula is C20H19ClN4O3. The van der Waals surface area contributed by atoms with Crippen LogP contribution in [0.4, 0.5) is 17.2 Å². The second kappa shape index (κ2) is 8.58. The van der Waals surface area contributed by atoms with E-state index in [1.807, 2.05) is 19.1 Å². The number of benzene rings is 2. The van der Waals surface area contributed by atoms with Crippen molar-refractivity contribution in [1.29, 1.82) is 0 Å². The molecular weight excluding hydrogens is 380 g/mol. The fourth-order valence-corrected chi connectivity index (χ4v) is 2.77. The van der Waals surface area contributed by atoms with Gasteiger partial charge in [-0.3, -0.25) is 4.79 Å². The molecule has 0 aliphatic carbocycles. The summed E-state index contributed by atoms with van der Waals surface area (Å²) in [6.45, 7) is 1.93. The summed E-state index contributed by atoms with van der Waals surface area (Å²) in [5.74, 6) is 1.22. The number of aromatic nitrogens is 2. The monoisotopic (exact) mass is 398 g/mol. The molecule has 1 aromatic heterocycles. The van der Waals surface area contributed by atoms with Crippen molar-refractivity contribution in [3.8, 4) is 11.5 Å². The SMILES string of the molecule is COc1ccc(NC(=O)c2cc(Nc3ccc(Cl)cc3C)ncn2)c(OC)c1.